The van der Waals surface area contributed by atoms with Crippen molar-refractivity contribution in [1.82, 2.24) is 0 Å². The van der Waals surface area contributed by atoms with E-state index in [4.69, 9.17) is 15.8 Å². The maximum absolute atomic E-state index is 11.1. The van der Waals surface area contributed by atoms with Crippen LogP contribution in [0.15, 0.2) is 12.1 Å². The lowest BCUT2D eigenvalue weighted by Crippen LogP contribution is -1.84. The fourth-order valence-electron chi connectivity index (χ4n) is 0.859. The average Bonchev–Trinajstić information content (AvgIpc) is 2.18. The molecule has 0 atom stereocenters. The molecule has 0 bridgehead atoms. The molecule has 0 amide bonds. The molecule has 13 heavy (non-hydrogen) atoms. The van der Waals surface area contributed by atoms with Crippen LogP contribution in [0.25, 0.3) is 0 Å². The summed E-state index contributed by atoms with van der Waals surface area (Å²) in [6.07, 6.45) is 0. The van der Waals surface area contributed by atoms with E-state index in [0.717, 1.165) is 0 Å². The Labute approximate surface area is 74.5 Å². The predicted molar refractivity (Wildman–Crippen MR) is 40.7 cm³/mol. The van der Waals surface area contributed by atoms with Crippen molar-refractivity contribution >= 4 is 0 Å². The molecule has 0 aliphatic rings. The van der Waals surface area contributed by atoms with Crippen molar-refractivity contribution < 1.29 is 5.11 Å². The van der Waals surface area contributed by atoms with Gasteiger partial charge in [0.05, 0.1) is 11.6 Å². The monoisotopic (exact) mass is 168 g/mol. The molecular weight excluding hydrogens is 166 g/mol. The van der Waals surface area contributed by atoms with Crippen molar-refractivity contribution in [3.8, 4) is 24.0 Å². The van der Waals surface area contributed by atoms with Gasteiger partial charge in [0.1, 0.15) is 23.3 Å². The average molecular weight is 168 g/mol. The Morgan fingerprint density at radius 1 is 0.923 bits per heavy atom. The number of benzene rings is 1. The Morgan fingerprint density at radius 2 is 1.38 bits per heavy atom. The van der Waals surface area contributed by atoms with Gasteiger partial charge in [-0.2, -0.15) is 15.8 Å². The molecule has 4 heteroatoms. The second kappa shape index (κ2) is 3.26. The third-order valence-corrected chi connectivity index (χ3v) is 1.46. The molecule has 0 N–H and O–H groups in total. The van der Waals surface area contributed by atoms with Crippen LogP contribution in [0.3, 0.4) is 0 Å². The molecule has 0 saturated carbocycles. The predicted octanol–water partition coefficient (Wildman–Crippen LogP) is 1.45. The Kier molecular flexibility index (Phi) is 2.15. The SMILES string of the molecule is N#Cc1cc(C#N)c([O])c(C#N)c1. The normalized spacial score (nSPS) is 8.08. The Balaban J connectivity index is 3.53. The summed E-state index contributed by atoms with van der Waals surface area (Å²) in [6, 6.07) is 7.36. The summed E-state index contributed by atoms with van der Waals surface area (Å²) in [7, 11) is 0. The molecule has 0 unspecified atom stereocenters. The van der Waals surface area contributed by atoms with Crippen LogP contribution in [0.2, 0.25) is 0 Å². The summed E-state index contributed by atoms with van der Waals surface area (Å²) in [5, 5.41) is 36.6. The Bertz CT molecular complexity index is 436. The fourth-order valence-corrected chi connectivity index (χ4v) is 0.859. The molecule has 0 fully saturated rings. The molecule has 0 aliphatic heterocycles. The van der Waals surface area contributed by atoms with Crippen LogP contribution < -0.4 is 0 Å². The standard InChI is InChI=1S/C9H2N3O/c10-3-6-1-7(4-11)9(13)8(2-6)5-12/h1-2H. The van der Waals surface area contributed by atoms with Gasteiger partial charge in [0.15, 0.2) is 0 Å². The zero-order chi connectivity index (χ0) is 9.84. The van der Waals surface area contributed by atoms with E-state index in [-0.39, 0.29) is 16.7 Å². The second-order valence-corrected chi connectivity index (χ2v) is 2.24. The molecule has 0 aromatic heterocycles. The van der Waals surface area contributed by atoms with E-state index in [9.17, 15) is 5.11 Å². The van der Waals surface area contributed by atoms with Gasteiger partial charge in [0.2, 0.25) is 5.75 Å². The molecule has 1 aromatic carbocycles. The maximum Gasteiger partial charge on any atom is 0.214 e. The summed E-state index contributed by atoms with van der Waals surface area (Å²) >= 11 is 0. The molecule has 0 aliphatic carbocycles. The molecule has 4 nitrogen and oxygen atoms in total. The van der Waals surface area contributed by atoms with Crippen LogP contribution >= 0.6 is 0 Å². The summed E-state index contributed by atoms with van der Waals surface area (Å²) in [4.78, 5) is 0. The van der Waals surface area contributed by atoms with Gasteiger partial charge in [-0.1, -0.05) is 0 Å². The lowest BCUT2D eigenvalue weighted by molar-refractivity contribution is 0.352. The first-order chi connectivity index (χ1) is 6.22. The molecule has 1 radical (unpaired) electrons. The van der Waals surface area contributed by atoms with Crippen LogP contribution in [-0.2, 0) is 5.11 Å². The van der Waals surface area contributed by atoms with Gasteiger partial charge in [-0.25, -0.2) is 0 Å². The van der Waals surface area contributed by atoms with Gasteiger partial charge >= 0.3 is 0 Å². The number of rotatable bonds is 0. The highest BCUT2D eigenvalue weighted by molar-refractivity contribution is 5.56. The Morgan fingerprint density at radius 3 is 1.69 bits per heavy atom. The second-order valence-electron chi connectivity index (χ2n) is 2.24. The minimum Gasteiger partial charge on any atom is -0.287 e. The summed E-state index contributed by atoms with van der Waals surface area (Å²) < 4.78 is 0. The van der Waals surface area contributed by atoms with Crippen molar-refractivity contribution in [3.63, 3.8) is 0 Å². The van der Waals surface area contributed by atoms with E-state index < -0.39 is 5.75 Å². The third-order valence-electron chi connectivity index (χ3n) is 1.46. The molecule has 59 valence electrons. The molecule has 1 rings (SSSR count). The van der Waals surface area contributed by atoms with Gasteiger partial charge in [-0.3, -0.25) is 5.11 Å². The molecular formula is C9H2N3O. The van der Waals surface area contributed by atoms with E-state index in [0.29, 0.717) is 0 Å². The van der Waals surface area contributed by atoms with Crippen LogP contribution in [0.4, 0.5) is 0 Å². The summed E-state index contributed by atoms with van der Waals surface area (Å²) in [5.41, 5.74) is -0.195. The minimum atomic E-state index is -0.621. The first-order valence-electron chi connectivity index (χ1n) is 3.28. The number of hydrogen-bond acceptors (Lipinski definition) is 3. The first-order valence-corrected chi connectivity index (χ1v) is 3.28. The summed E-state index contributed by atoms with van der Waals surface area (Å²) in [6.45, 7) is 0. The maximum atomic E-state index is 11.1. The number of nitrogens with zero attached hydrogens (tertiary/aromatic N) is 3. The van der Waals surface area contributed by atoms with E-state index in [1.807, 2.05) is 0 Å². The zero-order valence-corrected chi connectivity index (χ0v) is 6.40. The molecule has 1 aromatic rings. The van der Waals surface area contributed by atoms with Crippen molar-refractivity contribution in [3.05, 3.63) is 28.8 Å². The van der Waals surface area contributed by atoms with Gasteiger partial charge in [0, 0.05) is 0 Å². The Hall–Kier alpha value is -2.51. The van der Waals surface area contributed by atoms with Crippen LogP contribution in [-0.4, -0.2) is 0 Å². The first kappa shape index (κ1) is 8.59. The molecule has 0 heterocycles. The van der Waals surface area contributed by atoms with Crippen molar-refractivity contribution in [1.29, 1.82) is 15.8 Å². The van der Waals surface area contributed by atoms with Crippen LogP contribution in [0, 0.1) is 34.0 Å². The lowest BCUT2D eigenvalue weighted by atomic mass is 10.1. The third kappa shape index (κ3) is 1.40. The van der Waals surface area contributed by atoms with Crippen LogP contribution in [0.1, 0.15) is 16.7 Å². The lowest BCUT2D eigenvalue weighted by Gasteiger charge is -1.95. The summed E-state index contributed by atoms with van der Waals surface area (Å²) in [5.74, 6) is -0.621. The fraction of sp³-hybridized carbons (Fsp3) is 0. The highest BCUT2D eigenvalue weighted by Gasteiger charge is 2.10. The smallest absolute Gasteiger partial charge is 0.214 e. The van der Waals surface area contributed by atoms with Gasteiger partial charge in [0.25, 0.3) is 0 Å². The van der Waals surface area contributed by atoms with E-state index in [1.54, 1.807) is 18.2 Å². The van der Waals surface area contributed by atoms with Crippen molar-refractivity contribution in [2.75, 3.05) is 0 Å². The van der Waals surface area contributed by atoms with E-state index in [2.05, 4.69) is 0 Å². The van der Waals surface area contributed by atoms with Crippen molar-refractivity contribution in [2.24, 2.45) is 0 Å². The van der Waals surface area contributed by atoms with E-state index >= 15 is 0 Å². The molecule has 0 spiro atoms. The van der Waals surface area contributed by atoms with E-state index in [1.165, 1.54) is 12.1 Å². The molecule has 0 saturated heterocycles. The quantitative estimate of drug-likeness (QED) is 0.586. The largest absolute Gasteiger partial charge is 0.287 e. The van der Waals surface area contributed by atoms with Gasteiger partial charge in [-0.15, -0.1) is 0 Å². The highest BCUT2D eigenvalue weighted by atomic mass is 16.3. The minimum absolute atomic E-state index is 0.146. The van der Waals surface area contributed by atoms with Gasteiger partial charge in [-0.05, 0) is 12.1 Å². The topological polar surface area (TPSA) is 91.3 Å². The number of hydrogen-bond donors (Lipinski definition) is 0. The van der Waals surface area contributed by atoms with Crippen LogP contribution in [0.5, 0.6) is 5.75 Å². The van der Waals surface area contributed by atoms with Gasteiger partial charge < -0.3 is 0 Å². The zero-order valence-electron chi connectivity index (χ0n) is 6.40. The van der Waals surface area contributed by atoms with Crippen molar-refractivity contribution in [2.45, 2.75) is 0 Å². The highest BCUT2D eigenvalue weighted by Crippen LogP contribution is 2.23. The number of nitriles is 3.